The molecule has 1 aliphatic rings. The van der Waals surface area contributed by atoms with Crippen LogP contribution in [0.25, 0.3) is 0 Å². The van der Waals surface area contributed by atoms with Crippen LogP contribution in [0.4, 0.5) is 4.39 Å². The van der Waals surface area contributed by atoms with Gasteiger partial charge in [-0.25, -0.2) is 14.1 Å². The minimum Gasteiger partial charge on any atom is -0.342 e. The summed E-state index contributed by atoms with van der Waals surface area (Å²) in [4.78, 5) is 24.2. The third-order valence-corrected chi connectivity index (χ3v) is 4.44. The van der Waals surface area contributed by atoms with Gasteiger partial charge in [0.1, 0.15) is 24.9 Å². The number of carbonyl (C=O) groups excluding carboxylic acids is 1. The summed E-state index contributed by atoms with van der Waals surface area (Å²) >= 11 is 0. The first kappa shape index (κ1) is 17.5. The second kappa shape index (κ2) is 7.26. The molecule has 0 bridgehead atoms. The highest BCUT2D eigenvalue weighted by molar-refractivity contribution is 5.79. The Bertz CT molecular complexity index is 705. The number of carbonyl (C=O) groups is 1. The number of aryl methyl sites for hydroxylation is 1. The summed E-state index contributed by atoms with van der Waals surface area (Å²) in [5.41, 5.74) is 0. The Morgan fingerprint density at radius 2 is 2.36 bits per heavy atom. The van der Waals surface area contributed by atoms with Crippen molar-refractivity contribution in [3.05, 3.63) is 24.4 Å². The van der Waals surface area contributed by atoms with E-state index >= 15 is 0 Å². The minimum atomic E-state index is -0.922. The van der Waals surface area contributed by atoms with Crippen LogP contribution in [0.3, 0.4) is 0 Å². The van der Waals surface area contributed by atoms with E-state index in [1.807, 2.05) is 4.90 Å². The zero-order valence-corrected chi connectivity index (χ0v) is 14.5. The van der Waals surface area contributed by atoms with Crippen LogP contribution in [0.5, 0.6) is 0 Å². The minimum absolute atomic E-state index is 0.0919. The van der Waals surface area contributed by atoms with E-state index in [1.165, 1.54) is 17.3 Å². The highest BCUT2D eigenvalue weighted by atomic mass is 19.1. The number of halogens is 1. The number of hydrogen-bond donors (Lipinski definition) is 0. The molecular weight excluding hydrogens is 329 g/mol. The van der Waals surface area contributed by atoms with Crippen molar-refractivity contribution >= 4 is 5.91 Å². The molecule has 1 fully saturated rings. The van der Waals surface area contributed by atoms with Gasteiger partial charge in [-0.05, 0) is 13.3 Å². The number of rotatable bonds is 6. The molecule has 9 nitrogen and oxygen atoms in total. The van der Waals surface area contributed by atoms with Crippen LogP contribution in [-0.2, 0) is 11.3 Å². The second-order valence-corrected chi connectivity index (χ2v) is 6.42. The average molecular weight is 351 g/mol. The monoisotopic (exact) mass is 351 g/mol. The molecule has 1 aliphatic heterocycles. The zero-order valence-electron chi connectivity index (χ0n) is 14.5. The fourth-order valence-corrected chi connectivity index (χ4v) is 3.15. The molecule has 0 aliphatic carbocycles. The summed E-state index contributed by atoms with van der Waals surface area (Å²) in [5.74, 6) is 0.918. The molecule has 0 spiro atoms. The van der Waals surface area contributed by atoms with Gasteiger partial charge in [0.15, 0.2) is 5.82 Å². The van der Waals surface area contributed by atoms with E-state index in [4.69, 9.17) is 4.52 Å². The third kappa shape index (κ3) is 4.01. The maximum atomic E-state index is 13.9. The van der Waals surface area contributed by atoms with Crippen molar-refractivity contribution in [1.29, 1.82) is 0 Å². The van der Waals surface area contributed by atoms with Crippen molar-refractivity contribution in [3.8, 4) is 0 Å². The van der Waals surface area contributed by atoms with Crippen LogP contribution in [0.1, 0.15) is 31.1 Å². The fourth-order valence-electron chi connectivity index (χ4n) is 3.15. The Hall–Kier alpha value is -2.36. The van der Waals surface area contributed by atoms with E-state index in [9.17, 15) is 9.18 Å². The zero-order chi connectivity index (χ0) is 18.0. The van der Waals surface area contributed by atoms with Crippen molar-refractivity contribution in [2.45, 2.75) is 45.1 Å². The Labute approximate surface area is 144 Å². The molecule has 0 radical (unpaired) electrons. The quantitative estimate of drug-likeness (QED) is 0.752. The summed E-state index contributed by atoms with van der Waals surface area (Å²) in [5, 5.41) is 7.86. The number of likely N-dealkylation sites (tertiary alicyclic amines) is 1. The summed E-state index contributed by atoms with van der Waals surface area (Å²) in [6.45, 7) is 4.62. The smallest absolute Gasteiger partial charge is 0.247 e. The Kier molecular flexibility index (Phi) is 5.07. The lowest BCUT2D eigenvalue weighted by Gasteiger charge is -2.29. The number of aromatic nitrogens is 5. The first-order valence-electron chi connectivity index (χ1n) is 8.20. The lowest BCUT2D eigenvalue weighted by molar-refractivity contribution is -0.133. The highest BCUT2D eigenvalue weighted by Gasteiger charge is 2.35. The molecule has 25 heavy (non-hydrogen) atoms. The molecule has 10 heteroatoms. The second-order valence-electron chi connectivity index (χ2n) is 6.42. The average Bonchev–Trinajstić information content (AvgIpc) is 3.29. The van der Waals surface area contributed by atoms with Crippen molar-refractivity contribution in [2.24, 2.45) is 0 Å². The van der Waals surface area contributed by atoms with Gasteiger partial charge in [0.05, 0.1) is 6.54 Å². The normalized spacial score (nSPS) is 22.2. The van der Waals surface area contributed by atoms with Crippen LogP contribution in [0.2, 0.25) is 0 Å². The third-order valence-electron chi connectivity index (χ3n) is 4.44. The van der Waals surface area contributed by atoms with Crippen molar-refractivity contribution < 1.29 is 13.7 Å². The van der Waals surface area contributed by atoms with Gasteiger partial charge in [0.2, 0.25) is 11.8 Å². The van der Waals surface area contributed by atoms with Gasteiger partial charge >= 0.3 is 0 Å². The summed E-state index contributed by atoms with van der Waals surface area (Å²) in [7, 11) is 1.72. The maximum Gasteiger partial charge on any atom is 0.247 e. The molecule has 0 unspecified atom stereocenters. The van der Waals surface area contributed by atoms with Gasteiger partial charge < -0.3 is 9.42 Å². The van der Waals surface area contributed by atoms with Gasteiger partial charge in [0, 0.05) is 33.1 Å². The van der Waals surface area contributed by atoms with Crippen molar-refractivity contribution in [1.82, 2.24) is 34.7 Å². The largest absolute Gasteiger partial charge is 0.342 e. The number of hydrogen-bond acceptors (Lipinski definition) is 7. The number of likely N-dealkylation sites (N-methyl/N-ethyl adjacent to an activating group) is 1. The molecular formula is C15H22FN7O2. The van der Waals surface area contributed by atoms with Gasteiger partial charge in [0.25, 0.3) is 0 Å². The molecule has 0 N–H and O–H groups in total. The topological polar surface area (TPSA) is 93.2 Å². The molecule has 136 valence electrons. The number of nitrogens with zero attached hydrogens (tertiary/aromatic N) is 7. The molecule has 3 atom stereocenters. The molecule has 3 rings (SSSR count). The van der Waals surface area contributed by atoms with Crippen LogP contribution >= 0.6 is 0 Å². The Morgan fingerprint density at radius 3 is 3.00 bits per heavy atom. The first-order chi connectivity index (χ1) is 11.9. The van der Waals surface area contributed by atoms with Gasteiger partial charge in [-0.15, -0.1) is 0 Å². The van der Waals surface area contributed by atoms with E-state index in [0.717, 1.165) is 0 Å². The van der Waals surface area contributed by atoms with Gasteiger partial charge in [-0.2, -0.15) is 10.1 Å². The van der Waals surface area contributed by atoms with Crippen LogP contribution in [0.15, 0.2) is 17.2 Å². The molecule has 2 aromatic rings. The molecule has 1 amide bonds. The van der Waals surface area contributed by atoms with Crippen molar-refractivity contribution in [3.63, 3.8) is 0 Å². The highest BCUT2D eigenvalue weighted by Crippen LogP contribution is 2.23. The van der Waals surface area contributed by atoms with E-state index < -0.39 is 12.2 Å². The summed E-state index contributed by atoms with van der Waals surface area (Å²) in [6, 6.07) is -0.547. The Balaban J connectivity index is 1.62. The lowest BCUT2D eigenvalue weighted by Crippen LogP contribution is -2.43. The van der Waals surface area contributed by atoms with Gasteiger partial charge in [-0.3, -0.25) is 9.69 Å². The van der Waals surface area contributed by atoms with Crippen LogP contribution in [-0.4, -0.2) is 73.0 Å². The van der Waals surface area contributed by atoms with E-state index in [1.54, 1.807) is 25.8 Å². The predicted octanol–water partition coefficient (Wildman–Crippen LogP) is 0.602. The summed E-state index contributed by atoms with van der Waals surface area (Å²) < 4.78 is 20.4. The SMILES string of the molecule is Cc1nc(CN2C[C@@H](F)C[C@H]2CN(C)C(=O)[C@@H](C)n2cncn2)no1. The van der Waals surface area contributed by atoms with E-state index in [2.05, 4.69) is 20.2 Å². The standard InChI is InChI=1S/C15H22FN7O2/c1-10(23-9-17-8-18-23)15(24)21(3)6-13-4-12(16)5-22(13)7-14-19-11(2)25-20-14/h8-10,12-13H,4-7H2,1-3H3/t10-,12+,13+/m1/s1. The van der Waals surface area contributed by atoms with Crippen LogP contribution in [0, 0.1) is 6.92 Å². The fraction of sp³-hybridized carbons (Fsp3) is 0.667. The van der Waals surface area contributed by atoms with Gasteiger partial charge in [-0.1, -0.05) is 5.16 Å². The predicted molar refractivity (Wildman–Crippen MR) is 85.1 cm³/mol. The molecule has 3 heterocycles. The van der Waals surface area contributed by atoms with Crippen molar-refractivity contribution in [2.75, 3.05) is 20.1 Å². The maximum absolute atomic E-state index is 13.9. The van der Waals surface area contributed by atoms with Crippen LogP contribution < -0.4 is 0 Å². The van der Waals surface area contributed by atoms with E-state index in [-0.39, 0.29) is 11.9 Å². The first-order valence-corrected chi connectivity index (χ1v) is 8.20. The summed E-state index contributed by atoms with van der Waals surface area (Å²) in [6.07, 6.45) is 2.36. The molecule has 0 saturated carbocycles. The van der Waals surface area contributed by atoms with E-state index in [0.29, 0.717) is 37.8 Å². The lowest BCUT2D eigenvalue weighted by atomic mass is 10.2. The molecule has 1 saturated heterocycles. The number of amides is 1. The number of alkyl halides is 1. The molecule has 2 aromatic heterocycles. The molecule has 0 aromatic carbocycles. The Morgan fingerprint density at radius 1 is 1.56 bits per heavy atom.